The Morgan fingerprint density at radius 3 is 1.22 bits per heavy atom. The lowest BCUT2D eigenvalue weighted by Crippen LogP contribution is -2.13. The van der Waals surface area contributed by atoms with E-state index in [2.05, 4.69) is 160 Å². The summed E-state index contributed by atoms with van der Waals surface area (Å²) in [5.41, 5.74) is 7.20. The van der Waals surface area contributed by atoms with Gasteiger partial charge in [-0.3, -0.25) is 14.0 Å². The summed E-state index contributed by atoms with van der Waals surface area (Å²) in [4.78, 5) is 12.9. The summed E-state index contributed by atoms with van der Waals surface area (Å²) in [5, 5.41) is 4.57. The highest BCUT2D eigenvalue weighted by molar-refractivity contribution is 6.09. The lowest BCUT2D eigenvalue weighted by molar-refractivity contribution is 1.09. The maximum Gasteiger partial charge on any atom is 0.148 e. The molecule has 0 amide bonds. The average molecular weight is 578 g/mol. The molecule has 212 valence electrons. The fourth-order valence-electron chi connectivity index (χ4n) is 6.54. The van der Waals surface area contributed by atoms with Gasteiger partial charge >= 0.3 is 0 Å². The molecule has 9 aromatic rings. The van der Waals surface area contributed by atoms with Gasteiger partial charge in [0, 0.05) is 38.6 Å². The van der Waals surface area contributed by atoms with Crippen molar-refractivity contribution in [2.75, 3.05) is 4.90 Å². The van der Waals surface area contributed by atoms with Crippen molar-refractivity contribution in [3.63, 3.8) is 0 Å². The van der Waals surface area contributed by atoms with Crippen molar-refractivity contribution in [1.29, 1.82) is 0 Å². The monoisotopic (exact) mass is 577 g/mol. The number of rotatable bonds is 5. The summed E-state index contributed by atoms with van der Waals surface area (Å²) < 4.78 is 4.50. The molecule has 0 atom stereocenters. The number of pyridine rings is 2. The second-order valence-electron chi connectivity index (χ2n) is 11.1. The summed E-state index contributed by atoms with van der Waals surface area (Å²) >= 11 is 0. The molecule has 0 spiro atoms. The highest BCUT2D eigenvalue weighted by Gasteiger charge is 2.21. The van der Waals surface area contributed by atoms with Gasteiger partial charge in [-0.15, -0.1) is 0 Å². The van der Waals surface area contributed by atoms with E-state index < -0.39 is 0 Å². The molecule has 45 heavy (non-hydrogen) atoms. The first kappa shape index (κ1) is 25.3. The normalized spacial score (nSPS) is 11.6. The van der Waals surface area contributed by atoms with Gasteiger partial charge in [0.15, 0.2) is 0 Å². The maximum absolute atomic E-state index is 5.39. The van der Waals surface area contributed by atoms with E-state index in [0.717, 1.165) is 61.8 Å². The Morgan fingerprint density at radius 2 is 0.756 bits per heavy atom. The fourth-order valence-corrected chi connectivity index (χ4v) is 6.54. The molecule has 9 rings (SSSR count). The molecule has 4 heterocycles. The number of fused-ring (bicyclic) bond motifs is 6. The van der Waals surface area contributed by atoms with Gasteiger partial charge in [-0.25, -0.2) is 9.97 Å². The first-order valence-corrected chi connectivity index (χ1v) is 15.1. The first-order valence-electron chi connectivity index (χ1n) is 15.1. The topological polar surface area (TPSA) is 38.9 Å². The van der Waals surface area contributed by atoms with Crippen LogP contribution >= 0.6 is 0 Å². The molecule has 5 nitrogen and oxygen atoms in total. The van der Waals surface area contributed by atoms with Gasteiger partial charge in [0.05, 0.1) is 11.0 Å². The Bertz CT molecular complexity index is 2320. The second kappa shape index (κ2) is 10.2. The number of aromatic nitrogens is 4. The lowest BCUT2D eigenvalue weighted by atomic mass is 10.2. The molecule has 0 aliphatic carbocycles. The van der Waals surface area contributed by atoms with Gasteiger partial charge in [-0.1, -0.05) is 91.0 Å². The minimum absolute atomic E-state index is 0.794. The van der Waals surface area contributed by atoms with Gasteiger partial charge in [-0.05, 0) is 72.8 Å². The SMILES string of the molecule is c1ccc(N(c2ccc3c4ccccc4n(-c4ccccc4)c3n2)c2ccc3c4ccccc4n(-c4ccccc4)c3n2)cc1. The largest absolute Gasteiger partial charge is 0.294 e. The number of hydrogen-bond acceptors (Lipinski definition) is 3. The van der Waals surface area contributed by atoms with Crippen molar-refractivity contribution < 1.29 is 0 Å². The molecule has 5 aromatic carbocycles. The van der Waals surface area contributed by atoms with Gasteiger partial charge < -0.3 is 0 Å². The van der Waals surface area contributed by atoms with Crippen molar-refractivity contribution in [3.8, 4) is 11.4 Å². The van der Waals surface area contributed by atoms with Crippen molar-refractivity contribution in [2.24, 2.45) is 0 Å². The molecular weight excluding hydrogens is 550 g/mol. The average Bonchev–Trinajstić information content (AvgIpc) is 3.62. The molecule has 0 N–H and O–H groups in total. The van der Waals surface area contributed by atoms with E-state index in [-0.39, 0.29) is 0 Å². The van der Waals surface area contributed by atoms with E-state index in [9.17, 15) is 0 Å². The number of nitrogens with zero attached hydrogens (tertiary/aromatic N) is 5. The second-order valence-corrected chi connectivity index (χ2v) is 11.1. The highest BCUT2D eigenvalue weighted by Crippen LogP contribution is 2.39. The van der Waals surface area contributed by atoms with E-state index in [1.165, 1.54) is 10.8 Å². The molecule has 0 saturated carbocycles. The molecule has 4 aromatic heterocycles. The Morgan fingerprint density at radius 1 is 0.356 bits per heavy atom. The highest BCUT2D eigenvalue weighted by atomic mass is 15.3. The van der Waals surface area contributed by atoms with Crippen LogP contribution in [0.1, 0.15) is 0 Å². The van der Waals surface area contributed by atoms with Crippen molar-refractivity contribution in [3.05, 3.63) is 164 Å². The molecule has 0 aliphatic heterocycles. The first-order chi connectivity index (χ1) is 22.3. The third-order valence-corrected chi connectivity index (χ3v) is 8.52. The molecule has 0 saturated heterocycles. The molecule has 0 unspecified atom stereocenters. The van der Waals surface area contributed by atoms with E-state index in [1.807, 2.05) is 18.2 Å². The van der Waals surface area contributed by atoms with E-state index >= 15 is 0 Å². The smallest absolute Gasteiger partial charge is 0.148 e. The zero-order valence-electron chi connectivity index (χ0n) is 24.3. The zero-order chi connectivity index (χ0) is 29.7. The Kier molecular flexibility index (Phi) is 5.74. The van der Waals surface area contributed by atoms with E-state index in [0.29, 0.717) is 0 Å². The van der Waals surface area contributed by atoms with Gasteiger partial charge in [0.2, 0.25) is 0 Å². The van der Waals surface area contributed by atoms with Crippen LogP contribution in [0.5, 0.6) is 0 Å². The number of para-hydroxylation sites is 5. The predicted octanol–water partition coefficient (Wildman–Crippen LogP) is 10.1. The Labute approximate surface area is 259 Å². The van der Waals surface area contributed by atoms with Crippen LogP contribution in [0.15, 0.2) is 164 Å². The number of anilines is 3. The molecule has 0 fully saturated rings. The summed E-state index contributed by atoms with van der Waals surface area (Å²) in [6.07, 6.45) is 0. The molecular formula is C40H27N5. The van der Waals surface area contributed by atoms with Crippen LogP contribution in [0, 0.1) is 0 Å². The van der Waals surface area contributed by atoms with Crippen molar-refractivity contribution in [2.45, 2.75) is 0 Å². The maximum atomic E-state index is 5.39. The summed E-state index contributed by atoms with van der Waals surface area (Å²) in [5.74, 6) is 1.59. The molecule has 0 bridgehead atoms. The standard InChI is InChI=1S/C40H27N5/c1-4-14-28(15-5-1)43-35-22-12-10-20-31(35)33-24-26-37(41-39(33)43)45(30-18-8-3-9-19-30)38-27-25-34-32-21-11-13-23-36(32)44(40(34)42-38)29-16-6-2-7-17-29/h1-27H. The number of hydrogen-bond donors (Lipinski definition) is 0. The van der Waals surface area contributed by atoms with Crippen LogP contribution in [-0.2, 0) is 0 Å². The molecule has 0 radical (unpaired) electrons. The van der Waals surface area contributed by atoms with Crippen LogP contribution in [-0.4, -0.2) is 19.1 Å². The minimum atomic E-state index is 0.794. The molecule has 0 aliphatic rings. The quantitative estimate of drug-likeness (QED) is 0.204. The Balaban J connectivity index is 1.32. The number of benzene rings is 5. The van der Waals surface area contributed by atoms with Crippen LogP contribution in [0.3, 0.4) is 0 Å². The van der Waals surface area contributed by atoms with Crippen molar-refractivity contribution >= 4 is 61.2 Å². The zero-order valence-corrected chi connectivity index (χ0v) is 24.3. The van der Waals surface area contributed by atoms with Crippen LogP contribution in [0.25, 0.3) is 55.2 Å². The lowest BCUT2D eigenvalue weighted by Gasteiger charge is -2.23. The van der Waals surface area contributed by atoms with E-state index in [4.69, 9.17) is 9.97 Å². The van der Waals surface area contributed by atoms with Crippen LogP contribution in [0.2, 0.25) is 0 Å². The van der Waals surface area contributed by atoms with Crippen LogP contribution in [0.4, 0.5) is 17.3 Å². The summed E-state index contributed by atoms with van der Waals surface area (Å²) in [6.45, 7) is 0. The third-order valence-electron chi connectivity index (χ3n) is 8.52. The van der Waals surface area contributed by atoms with Crippen molar-refractivity contribution in [1.82, 2.24) is 19.1 Å². The van der Waals surface area contributed by atoms with Gasteiger partial charge in [0.1, 0.15) is 22.9 Å². The predicted molar refractivity (Wildman–Crippen MR) is 185 cm³/mol. The third kappa shape index (κ3) is 4.02. The van der Waals surface area contributed by atoms with E-state index in [1.54, 1.807) is 0 Å². The fraction of sp³-hybridized carbons (Fsp3) is 0. The Hall–Kier alpha value is -6.20. The minimum Gasteiger partial charge on any atom is -0.294 e. The van der Waals surface area contributed by atoms with Gasteiger partial charge in [-0.2, -0.15) is 0 Å². The molecule has 5 heteroatoms. The summed E-state index contributed by atoms with van der Waals surface area (Å²) in [7, 11) is 0. The van der Waals surface area contributed by atoms with Gasteiger partial charge in [0.25, 0.3) is 0 Å². The van der Waals surface area contributed by atoms with Crippen LogP contribution < -0.4 is 4.90 Å². The summed E-state index contributed by atoms with van der Waals surface area (Å²) in [6, 6.07) is 56.9.